The number of carbonyl (C=O) groups excluding carboxylic acids is 1. The van der Waals surface area contributed by atoms with E-state index in [1.54, 1.807) is 19.1 Å². The normalized spacial score (nSPS) is 10.2. The zero-order valence-electron chi connectivity index (χ0n) is 6.18. The van der Waals surface area contributed by atoms with E-state index in [-0.39, 0.29) is 26.8 Å². The summed E-state index contributed by atoms with van der Waals surface area (Å²) in [6, 6.07) is 0. The molecule has 0 fully saturated rings. The van der Waals surface area contributed by atoms with Crippen molar-refractivity contribution in [3.63, 3.8) is 0 Å². The smallest absolute Gasteiger partial charge is 0.390 e. The molecular formula is C8H10OW. The van der Waals surface area contributed by atoms with Crippen LogP contribution in [0.15, 0.2) is 12.2 Å². The molecule has 0 aromatic rings. The summed E-state index contributed by atoms with van der Waals surface area (Å²) in [6.07, 6.45) is 9.06. The first-order valence-corrected chi connectivity index (χ1v) is 2.93. The summed E-state index contributed by atoms with van der Waals surface area (Å²) in [4.78, 5) is 10.5. The molecule has 0 aromatic carbocycles. The van der Waals surface area contributed by atoms with Gasteiger partial charge in [0.15, 0.2) is 0 Å². The van der Waals surface area contributed by atoms with Crippen molar-refractivity contribution < 1.29 is 25.9 Å². The molecule has 0 radical (unpaired) electrons. The largest absolute Gasteiger partial charge is 2.00 e. The molecule has 54 valence electrons. The number of allylic oxidation sites excluding steroid dienone is 4. The Morgan fingerprint density at radius 3 is 2.50 bits per heavy atom. The first-order chi connectivity index (χ1) is 4.31. The van der Waals surface area contributed by atoms with E-state index in [4.69, 9.17) is 0 Å². The first kappa shape index (κ1) is 12.5. The van der Waals surface area contributed by atoms with Gasteiger partial charge in [-0.15, -0.1) is 6.92 Å². The molecule has 0 unspecified atom stereocenters. The van der Waals surface area contributed by atoms with Gasteiger partial charge in [-0.3, -0.25) is 0 Å². The average molecular weight is 306 g/mol. The molecule has 0 aliphatic carbocycles. The number of Topliss-reactive ketones (excluding diaryl/α,β-unsaturated/α-hetero) is 1. The first-order valence-electron chi connectivity index (χ1n) is 2.93. The van der Waals surface area contributed by atoms with Crippen molar-refractivity contribution in [2.75, 3.05) is 0 Å². The van der Waals surface area contributed by atoms with Gasteiger partial charge in [0.2, 0.25) is 0 Å². The van der Waals surface area contributed by atoms with Gasteiger partial charge in [0.25, 0.3) is 0 Å². The van der Waals surface area contributed by atoms with Gasteiger partial charge in [0.05, 0.1) is 0 Å². The molecule has 0 atom stereocenters. The standard InChI is InChI=1S/C8H10O.W/c1-3-5-6-7-8(9)4-2;/h5-6H,4H2,1-2H3;/q-2;+2. The molecule has 0 saturated heterocycles. The van der Waals surface area contributed by atoms with Crippen molar-refractivity contribution in [1.29, 1.82) is 0 Å². The molecule has 10 heavy (non-hydrogen) atoms. The van der Waals surface area contributed by atoms with Crippen molar-refractivity contribution in [3.8, 4) is 0 Å². The predicted molar refractivity (Wildman–Crippen MR) is 36.6 cm³/mol. The van der Waals surface area contributed by atoms with E-state index >= 15 is 0 Å². The van der Waals surface area contributed by atoms with E-state index < -0.39 is 0 Å². The van der Waals surface area contributed by atoms with Gasteiger partial charge in [-0.1, -0.05) is 6.92 Å². The van der Waals surface area contributed by atoms with Crippen LogP contribution in [0.4, 0.5) is 0 Å². The summed E-state index contributed by atoms with van der Waals surface area (Å²) in [5, 5.41) is 0. The second kappa shape index (κ2) is 8.84. The minimum absolute atomic E-state index is 0. The average Bonchev–Trinajstić information content (AvgIpc) is 1.89. The molecule has 2 heteroatoms. The van der Waals surface area contributed by atoms with Crippen LogP contribution in [0.2, 0.25) is 0 Å². The van der Waals surface area contributed by atoms with Crippen LogP contribution in [0.5, 0.6) is 0 Å². The van der Waals surface area contributed by atoms with Gasteiger partial charge in [0, 0.05) is 5.78 Å². The summed E-state index contributed by atoms with van der Waals surface area (Å²) in [5.41, 5.74) is 0. The number of hydrogen-bond donors (Lipinski definition) is 0. The monoisotopic (exact) mass is 306 g/mol. The molecule has 0 aliphatic heterocycles. The van der Waals surface area contributed by atoms with E-state index in [9.17, 15) is 4.79 Å². The molecule has 0 bridgehead atoms. The fourth-order valence-electron chi connectivity index (χ4n) is 0.320. The minimum atomic E-state index is 0. The van der Waals surface area contributed by atoms with Crippen LogP contribution in [0.25, 0.3) is 0 Å². The Morgan fingerprint density at radius 2 is 2.10 bits per heavy atom. The van der Waals surface area contributed by atoms with Crippen LogP contribution < -0.4 is 0 Å². The Morgan fingerprint density at radius 1 is 1.50 bits per heavy atom. The number of rotatable bonds is 3. The summed E-state index contributed by atoms with van der Waals surface area (Å²) in [6.45, 7) is 3.58. The van der Waals surface area contributed by atoms with Crippen molar-refractivity contribution >= 4 is 5.78 Å². The van der Waals surface area contributed by atoms with E-state index in [2.05, 4.69) is 12.2 Å². The van der Waals surface area contributed by atoms with Crippen molar-refractivity contribution in [3.05, 3.63) is 24.3 Å². The maximum absolute atomic E-state index is 10.5. The third kappa shape index (κ3) is 7.84. The van der Waals surface area contributed by atoms with E-state index in [0.717, 1.165) is 0 Å². The molecule has 0 amide bonds. The summed E-state index contributed by atoms with van der Waals surface area (Å²) in [5.74, 6) is 0.0292. The van der Waals surface area contributed by atoms with Gasteiger partial charge in [-0.05, 0) is 6.42 Å². The maximum Gasteiger partial charge on any atom is 2.00 e. The number of ketones is 1. The van der Waals surface area contributed by atoms with Gasteiger partial charge in [0.1, 0.15) is 0 Å². The minimum Gasteiger partial charge on any atom is -0.390 e. The molecule has 0 N–H and O–H groups in total. The molecule has 0 heterocycles. The number of carbonyl (C=O) groups is 1. The molecule has 0 aromatic heterocycles. The van der Waals surface area contributed by atoms with Crippen LogP contribution in [-0.2, 0) is 25.9 Å². The molecule has 1 nitrogen and oxygen atoms in total. The molecular weight excluding hydrogens is 296 g/mol. The molecule has 0 aliphatic rings. The van der Waals surface area contributed by atoms with Gasteiger partial charge in [-0.2, -0.15) is 0 Å². The number of hydrogen-bond acceptors (Lipinski definition) is 1. The third-order valence-electron chi connectivity index (χ3n) is 0.815. The topological polar surface area (TPSA) is 17.1 Å². The Kier molecular flexibility index (Phi) is 11.1. The van der Waals surface area contributed by atoms with Gasteiger partial charge in [-0.25, -0.2) is 0 Å². The SMILES string of the molecule is C[C-]=CC=[C-]C(=O)CC.[W+2]. The molecule has 0 saturated carbocycles. The van der Waals surface area contributed by atoms with Crippen molar-refractivity contribution in [1.82, 2.24) is 0 Å². The maximum atomic E-state index is 10.5. The van der Waals surface area contributed by atoms with E-state index in [1.165, 1.54) is 0 Å². The Labute approximate surface area is 76.5 Å². The van der Waals surface area contributed by atoms with Crippen LogP contribution in [0.1, 0.15) is 20.3 Å². The van der Waals surface area contributed by atoms with E-state index in [0.29, 0.717) is 6.42 Å². The fraction of sp³-hybridized carbons (Fsp3) is 0.375. The zero-order valence-corrected chi connectivity index (χ0v) is 9.11. The Bertz CT molecular complexity index is 136. The molecule has 0 rings (SSSR count). The van der Waals surface area contributed by atoms with Crippen LogP contribution in [0, 0.1) is 12.2 Å². The third-order valence-corrected chi connectivity index (χ3v) is 0.815. The summed E-state index contributed by atoms with van der Waals surface area (Å²) in [7, 11) is 0. The van der Waals surface area contributed by atoms with Crippen LogP contribution >= 0.6 is 0 Å². The van der Waals surface area contributed by atoms with Gasteiger partial charge < -0.3 is 29.1 Å². The zero-order chi connectivity index (χ0) is 7.11. The van der Waals surface area contributed by atoms with Gasteiger partial charge >= 0.3 is 21.1 Å². The predicted octanol–water partition coefficient (Wildman–Crippen LogP) is 1.70. The van der Waals surface area contributed by atoms with Crippen LogP contribution in [-0.4, -0.2) is 5.78 Å². The Hall–Kier alpha value is -0.162. The fourth-order valence-corrected chi connectivity index (χ4v) is 0.320. The summed E-state index contributed by atoms with van der Waals surface area (Å²) >= 11 is 0. The Balaban J connectivity index is 0. The summed E-state index contributed by atoms with van der Waals surface area (Å²) < 4.78 is 0. The quantitative estimate of drug-likeness (QED) is 0.441. The second-order valence-corrected chi connectivity index (χ2v) is 1.54. The van der Waals surface area contributed by atoms with Crippen molar-refractivity contribution in [2.45, 2.75) is 20.3 Å². The second-order valence-electron chi connectivity index (χ2n) is 1.54. The molecule has 0 spiro atoms. The van der Waals surface area contributed by atoms with Crippen molar-refractivity contribution in [2.24, 2.45) is 0 Å². The van der Waals surface area contributed by atoms with Crippen LogP contribution in [0.3, 0.4) is 0 Å². The van der Waals surface area contributed by atoms with E-state index in [1.807, 2.05) is 6.92 Å².